The highest BCUT2D eigenvalue weighted by molar-refractivity contribution is 5.90. The van der Waals surface area contributed by atoms with E-state index in [1.54, 1.807) is 0 Å². The number of unbranched alkanes of at least 4 members (excludes halogenated alkanes) is 1. The van der Waals surface area contributed by atoms with E-state index in [-0.39, 0.29) is 5.91 Å². The summed E-state index contributed by atoms with van der Waals surface area (Å²) in [5.74, 6) is 1.53. The number of hydrogen-bond acceptors (Lipinski definition) is 3. The number of nitrogens with one attached hydrogen (secondary N) is 1. The van der Waals surface area contributed by atoms with Gasteiger partial charge in [0.2, 0.25) is 5.91 Å². The minimum atomic E-state index is 0.00688. The van der Waals surface area contributed by atoms with Crippen LogP contribution in [-0.4, -0.2) is 19.1 Å². The Kier molecular flexibility index (Phi) is 7.83. The van der Waals surface area contributed by atoms with Gasteiger partial charge in [0.1, 0.15) is 0 Å². The molecule has 134 valence electrons. The zero-order chi connectivity index (χ0) is 17.9. The average Bonchev–Trinajstić information content (AvgIpc) is 2.63. The molecule has 0 atom stereocenters. The predicted octanol–water partition coefficient (Wildman–Crippen LogP) is 4.84. The van der Waals surface area contributed by atoms with E-state index in [9.17, 15) is 4.79 Å². The van der Waals surface area contributed by atoms with E-state index in [0.717, 1.165) is 35.6 Å². The number of anilines is 1. The van der Waals surface area contributed by atoms with Crippen molar-refractivity contribution in [3.05, 3.63) is 54.1 Å². The van der Waals surface area contributed by atoms with Crippen LogP contribution in [0.3, 0.4) is 0 Å². The lowest BCUT2D eigenvalue weighted by Crippen LogP contribution is -2.12. The molecule has 2 aromatic carbocycles. The molecule has 25 heavy (non-hydrogen) atoms. The fourth-order valence-corrected chi connectivity index (χ4v) is 2.42. The summed E-state index contributed by atoms with van der Waals surface area (Å²) in [7, 11) is 0. The van der Waals surface area contributed by atoms with Crippen molar-refractivity contribution >= 4 is 11.6 Å². The summed E-state index contributed by atoms with van der Waals surface area (Å²) < 4.78 is 11.5. The molecule has 4 heteroatoms. The summed E-state index contributed by atoms with van der Waals surface area (Å²) >= 11 is 0. The summed E-state index contributed by atoms with van der Waals surface area (Å²) in [5.41, 5.74) is 1.89. The van der Waals surface area contributed by atoms with Crippen LogP contribution in [0.4, 0.5) is 5.69 Å². The lowest BCUT2D eigenvalue weighted by Gasteiger charge is -2.13. The minimum absolute atomic E-state index is 0.00688. The van der Waals surface area contributed by atoms with Crippen LogP contribution >= 0.6 is 0 Å². The van der Waals surface area contributed by atoms with E-state index in [0.29, 0.717) is 26.1 Å². The summed E-state index contributed by atoms with van der Waals surface area (Å²) in [6.45, 7) is 5.36. The molecule has 0 aliphatic carbocycles. The average molecular weight is 341 g/mol. The third kappa shape index (κ3) is 6.49. The first-order valence-electron chi connectivity index (χ1n) is 8.96. The molecule has 1 N–H and O–H groups in total. The molecule has 0 fully saturated rings. The number of para-hydroxylation sites is 1. The van der Waals surface area contributed by atoms with Gasteiger partial charge in [0.05, 0.1) is 13.2 Å². The van der Waals surface area contributed by atoms with Crippen molar-refractivity contribution in [2.75, 3.05) is 18.5 Å². The monoisotopic (exact) mass is 341 g/mol. The van der Waals surface area contributed by atoms with Gasteiger partial charge in [0.25, 0.3) is 0 Å². The Balaban J connectivity index is 1.92. The number of rotatable bonds is 10. The molecule has 4 nitrogen and oxygen atoms in total. The highest BCUT2D eigenvalue weighted by Gasteiger charge is 2.08. The van der Waals surface area contributed by atoms with Gasteiger partial charge in [-0.25, -0.2) is 0 Å². The second-order valence-electron chi connectivity index (χ2n) is 5.83. The summed E-state index contributed by atoms with van der Waals surface area (Å²) in [4.78, 5) is 12.1. The zero-order valence-corrected chi connectivity index (χ0v) is 15.1. The number of hydrogen-bond donors (Lipinski definition) is 1. The normalized spacial score (nSPS) is 10.3. The number of aryl methyl sites for hydroxylation is 1. The Morgan fingerprint density at radius 1 is 1.00 bits per heavy atom. The number of benzene rings is 2. The predicted molar refractivity (Wildman–Crippen MR) is 101 cm³/mol. The highest BCUT2D eigenvalue weighted by atomic mass is 16.5. The van der Waals surface area contributed by atoms with Gasteiger partial charge in [-0.1, -0.05) is 37.6 Å². The molecule has 0 saturated carbocycles. The van der Waals surface area contributed by atoms with Crippen LogP contribution in [0.15, 0.2) is 48.5 Å². The molecule has 0 spiro atoms. The van der Waals surface area contributed by atoms with Gasteiger partial charge in [-0.05, 0) is 49.6 Å². The topological polar surface area (TPSA) is 47.6 Å². The van der Waals surface area contributed by atoms with Crippen LogP contribution in [0.1, 0.15) is 38.7 Å². The van der Waals surface area contributed by atoms with E-state index >= 15 is 0 Å². The molecule has 0 saturated heterocycles. The summed E-state index contributed by atoms with van der Waals surface area (Å²) in [5, 5.41) is 2.90. The molecule has 2 aromatic rings. The van der Waals surface area contributed by atoms with E-state index in [1.807, 2.05) is 55.5 Å². The third-order valence-corrected chi connectivity index (χ3v) is 3.76. The van der Waals surface area contributed by atoms with Crippen molar-refractivity contribution in [1.29, 1.82) is 0 Å². The molecule has 2 rings (SSSR count). The van der Waals surface area contributed by atoms with Crippen molar-refractivity contribution in [2.45, 2.75) is 39.5 Å². The minimum Gasteiger partial charge on any atom is -0.490 e. The maximum Gasteiger partial charge on any atom is 0.224 e. The van der Waals surface area contributed by atoms with Gasteiger partial charge in [0.15, 0.2) is 11.5 Å². The van der Waals surface area contributed by atoms with E-state index in [1.165, 1.54) is 0 Å². The smallest absolute Gasteiger partial charge is 0.224 e. The Morgan fingerprint density at radius 2 is 1.80 bits per heavy atom. The van der Waals surface area contributed by atoms with Crippen molar-refractivity contribution in [3.63, 3.8) is 0 Å². The zero-order valence-electron chi connectivity index (χ0n) is 15.1. The first-order chi connectivity index (χ1) is 12.2. The van der Waals surface area contributed by atoms with E-state index in [4.69, 9.17) is 9.47 Å². The highest BCUT2D eigenvalue weighted by Crippen LogP contribution is 2.29. The Hall–Kier alpha value is -2.49. The lowest BCUT2D eigenvalue weighted by molar-refractivity contribution is -0.116. The van der Waals surface area contributed by atoms with Crippen molar-refractivity contribution in [2.24, 2.45) is 0 Å². The first-order valence-corrected chi connectivity index (χ1v) is 8.96. The van der Waals surface area contributed by atoms with Crippen LogP contribution < -0.4 is 14.8 Å². The van der Waals surface area contributed by atoms with Crippen LogP contribution in [0.25, 0.3) is 0 Å². The SMILES string of the molecule is CCCCOc1ccc(CCC(=O)Nc2ccccc2)cc1OCC. The second kappa shape index (κ2) is 10.4. The van der Waals surface area contributed by atoms with Crippen LogP contribution in [0.5, 0.6) is 11.5 Å². The van der Waals surface area contributed by atoms with Gasteiger partial charge < -0.3 is 14.8 Å². The molecule has 0 aliphatic rings. The van der Waals surface area contributed by atoms with E-state index in [2.05, 4.69) is 12.2 Å². The van der Waals surface area contributed by atoms with Crippen molar-refractivity contribution < 1.29 is 14.3 Å². The first kappa shape index (κ1) is 18.8. The molecule has 0 aromatic heterocycles. The Morgan fingerprint density at radius 3 is 2.52 bits per heavy atom. The molecule has 0 bridgehead atoms. The van der Waals surface area contributed by atoms with Crippen LogP contribution in [0, 0.1) is 0 Å². The van der Waals surface area contributed by atoms with Crippen LogP contribution in [-0.2, 0) is 11.2 Å². The van der Waals surface area contributed by atoms with Gasteiger partial charge >= 0.3 is 0 Å². The lowest BCUT2D eigenvalue weighted by atomic mass is 10.1. The maximum atomic E-state index is 12.1. The molecule has 0 unspecified atom stereocenters. The number of carbonyl (C=O) groups is 1. The quantitative estimate of drug-likeness (QED) is 0.629. The Bertz CT molecular complexity index is 655. The largest absolute Gasteiger partial charge is 0.490 e. The molecule has 0 aliphatic heterocycles. The standard InChI is InChI=1S/C21H27NO3/c1-3-5-15-25-19-13-11-17(16-20(19)24-4-2)12-14-21(23)22-18-9-7-6-8-10-18/h6-11,13,16H,3-5,12,14-15H2,1-2H3,(H,22,23). The number of amides is 1. The van der Waals surface area contributed by atoms with Crippen molar-refractivity contribution in [3.8, 4) is 11.5 Å². The number of carbonyl (C=O) groups excluding carboxylic acids is 1. The third-order valence-electron chi connectivity index (χ3n) is 3.76. The summed E-state index contributed by atoms with van der Waals surface area (Å²) in [6, 6.07) is 15.4. The molecule has 1 amide bonds. The summed E-state index contributed by atoms with van der Waals surface area (Å²) in [6.07, 6.45) is 3.20. The molecule has 0 heterocycles. The van der Waals surface area contributed by atoms with Gasteiger partial charge in [-0.3, -0.25) is 4.79 Å². The van der Waals surface area contributed by atoms with Gasteiger partial charge in [0, 0.05) is 12.1 Å². The van der Waals surface area contributed by atoms with Crippen molar-refractivity contribution in [1.82, 2.24) is 0 Å². The van der Waals surface area contributed by atoms with Gasteiger partial charge in [-0.15, -0.1) is 0 Å². The second-order valence-corrected chi connectivity index (χ2v) is 5.83. The maximum absolute atomic E-state index is 12.1. The van der Waals surface area contributed by atoms with Crippen LogP contribution in [0.2, 0.25) is 0 Å². The number of ether oxygens (including phenoxy) is 2. The fraction of sp³-hybridized carbons (Fsp3) is 0.381. The van der Waals surface area contributed by atoms with E-state index < -0.39 is 0 Å². The molecular weight excluding hydrogens is 314 g/mol. The molecular formula is C21H27NO3. The Labute approximate surface area is 150 Å². The fourth-order valence-electron chi connectivity index (χ4n) is 2.42. The molecule has 0 radical (unpaired) electrons. The van der Waals surface area contributed by atoms with Gasteiger partial charge in [-0.2, -0.15) is 0 Å².